The second-order valence-electron chi connectivity index (χ2n) is 8.35. The van der Waals surface area contributed by atoms with Gasteiger partial charge in [0, 0.05) is 37.9 Å². The minimum absolute atomic E-state index is 0.405. The molecule has 2 fully saturated rings. The van der Waals surface area contributed by atoms with E-state index in [4.69, 9.17) is 15.5 Å². The third kappa shape index (κ3) is 4.54. The van der Waals surface area contributed by atoms with Gasteiger partial charge in [-0.25, -0.2) is 14.3 Å². The Morgan fingerprint density at radius 1 is 1.28 bits per heavy atom. The molecule has 2 aliphatic rings. The summed E-state index contributed by atoms with van der Waals surface area (Å²) in [5.41, 5.74) is 8.86. The molecule has 1 atom stereocenters. The first kappa shape index (κ1) is 20.9. The Kier molecular flexibility index (Phi) is 6.04. The molecule has 162 valence electrons. The lowest BCUT2D eigenvalue weighted by atomic mass is 10.1. The molecule has 3 heterocycles. The van der Waals surface area contributed by atoms with Crippen LogP contribution in [0.15, 0.2) is 6.07 Å². The Labute approximate surface area is 173 Å². The number of aromatic nitrogens is 3. The summed E-state index contributed by atoms with van der Waals surface area (Å²) < 4.78 is 29.8. The Bertz CT molecular complexity index is 867. The number of fused-ring (bicyclic) bond motifs is 1. The van der Waals surface area contributed by atoms with Gasteiger partial charge in [-0.3, -0.25) is 9.11 Å². The first-order valence-electron chi connectivity index (χ1n) is 10.6. The Morgan fingerprint density at radius 3 is 2.76 bits per heavy atom. The molecule has 0 amide bonds. The average Bonchev–Trinajstić information content (AvgIpc) is 3.37. The highest BCUT2D eigenvalue weighted by molar-refractivity contribution is 8.22. The van der Waals surface area contributed by atoms with E-state index in [9.17, 15) is 9.11 Å². The Morgan fingerprint density at radius 2 is 2.07 bits per heavy atom. The van der Waals surface area contributed by atoms with Crippen LogP contribution in [0.5, 0.6) is 0 Å². The third-order valence-corrected chi connectivity index (χ3v) is 8.08. The molecule has 0 spiro atoms. The van der Waals surface area contributed by atoms with Crippen LogP contribution in [0.3, 0.4) is 0 Å². The normalized spacial score (nSPS) is 21.7. The summed E-state index contributed by atoms with van der Waals surface area (Å²) in [7, 11) is -2.52. The molecule has 4 rings (SSSR count). The second kappa shape index (κ2) is 8.39. The lowest BCUT2D eigenvalue weighted by molar-refractivity contribution is 0.120. The van der Waals surface area contributed by atoms with Crippen LogP contribution in [0.1, 0.15) is 50.0 Å². The van der Waals surface area contributed by atoms with Crippen molar-refractivity contribution in [2.24, 2.45) is 5.92 Å². The summed E-state index contributed by atoms with van der Waals surface area (Å²) in [6.07, 6.45) is 4.19. The first-order valence-corrected chi connectivity index (χ1v) is 12.3. The fourth-order valence-electron chi connectivity index (χ4n) is 4.25. The van der Waals surface area contributed by atoms with Crippen molar-refractivity contribution in [1.82, 2.24) is 18.8 Å². The molecule has 1 unspecified atom stereocenters. The highest BCUT2D eigenvalue weighted by Gasteiger charge is 2.32. The monoisotopic (exact) mass is 423 g/mol. The summed E-state index contributed by atoms with van der Waals surface area (Å²) in [4.78, 5) is 9.23. The van der Waals surface area contributed by atoms with Gasteiger partial charge in [0.05, 0.1) is 17.9 Å². The lowest BCUT2D eigenvalue weighted by Crippen LogP contribution is -2.24. The van der Waals surface area contributed by atoms with E-state index in [1.54, 1.807) is 4.31 Å². The Hall–Kier alpha value is -1.39. The number of ether oxygens (including phenoxy) is 1. The number of hydrogen-bond acceptors (Lipinski definition) is 7. The quantitative estimate of drug-likeness (QED) is 0.529. The van der Waals surface area contributed by atoms with Crippen LogP contribution >= 0.6 is 10.8 Å². The molecule has 9 heteroatoms. The predicted octanol–water partition coefficient (Wildman–Crippen LogP) is 3.61. The molecular formula is C20H33N5O3S. The van der Waals surface area contributed by atoms with Crippen LogP contribution in [-0.2, 0) is 11.3 Å². The predicted molar refractivity (Wildman–Crippen MR) is 117 cm³/mol. The van der Waals surface area contributed by atoms with Crippen LogP contribution < -0.4 is 5.73 Å². The number of hydrogen-bond donors (Lipinski definition) is 3. The van der Waals surface area contributed by atoms with E-state index in [2.05, 4.69) is 22.5 Å². The SMILES string of the molecule is Cc1cc2c(nc(C(C)C3CC3)n2CCOCCCN2CCCS2(O)O)c(N)n1. The highest BCUT2D eigenvalue weighted by Crippen LogP contribution is 2.48. The minimum atomic E-state index is -2.52. The van der Waals surface area contributed by atoms with E-state index in [0.29, 0.717) is 43.2 Å². The van der Waals surface area contributed by atoms with E-state index in [0.717, 1.165) is 48.5 Å². The van der Waals surface area contributed by atoms with Crippen molar-refractivity contribution in [2.45, 2.75) is 52.0 Å². The van der Waals surface area contributed by atoms with Crippen LogP contribution in [0.25, 0.3) is 11.0 Å². The zero-order valence-corrected chi connectivity index (χ0v) is 18.2. The van der Waals surface area contributed by atoms with Gasteiger partial charge in [-0.15, -0.1) is 10.8 Å². The van der Waals surface area contributed by atoms with Crippen molar-refractivity contribution in [3.63, 3.8) is 0 Å². The van der Waals surface area contributed by atoms with Crippen LogP contribution in [0, 0.1) is 12.8 Å². The second-order valence-corrected chi connectivity index (χ2v) is 10.5. The molecular weight excluding hydrogens is 390 g/mol. The van der Waals surface area contributed by atoms with E-state index in [1.165, 1.54) is 12.8 Å². The van der Waals surface area contributed by atoms with Gasteiger partial charge < -0.3 is 15.0 Å². The lowest BCUT2D eigenvalue weighted by Gasteiger charge is -2.36. The fraction of sp³-hybridized carbons (Fsp3) is 0.700. The molecule has 4 N–H and O–H groups in total. The van der Waals surface area contributed by atoms with Crippen molar-refractivity contribution in [3.8, 4) is 0 Å². The maximum Gasteiger partial charge on any atom is 0.151 e. The molecule has 0 aromatic carbocycles. The van der Waals surface area contributed by atoms with E-state index >= 15 is 0 Å². The molecule has 0 radical (unpaired) electrons. The molecule has 8 nitrogen and oxygen atoms in total. The molecule has 2 aromatic heterocycles. The molecule has 29 heavy (non-hydrogen) atoms. The summed E-state index contributed by atoms with van der Waals surface area (Å²) in [6.45, 7) is 7.56. The van der Waals surface area contributed by atoms with Gasteiger partial charge in [-0.2, -0.15) is 0 Å². The molecule has 2 aromatic rings. The number of aryl methyl sites for hydroxylation is 1. The highest BCUT2D eigenvalue weighted by atomic mass is 32.3. The van der Waals surface area contributed by atoms with Gasteiger partial charge in [0.15, 0.2) is 5.82 Å². The maximum atomic E-state index is 9.96. The summed E-state index contributed by atoms with van der Waals surface area (Å²) in [5, 5.41) is 0. The molecule has 0 bridgehead atoms. The fourth-order valence-corrected chi connectivity index (χ4v) is 5.87. The maximum absolute atomic E-state index is 9.96. The van der Waals surface area contributed by atoms with Crippen molar-refractivity contribution < 1.29 is 13.8 Å². The molecule has 1 aliphatic carbocycles. The third-order valence-electron chi connectivity index (χ3n) is 6.05. The van der Waals surface area contributed by atoms with Gasteiger partial charge in [0.2, 0.25) is 0 Å². The van der Waals surface area contributed by atoms with Gasteiger partial charge in [0.1, 0.15) is 11.3 Å². The first-order chi connectivity index (χ1) is 13.9. The molecule has 1 aliphatic heterocycles. The minimum Gasteiger partial charge on any atom is -0.382 e. The van der Waals surface area contributed by atoms with Gasteiger partial charge in [-0.1, -0.05) is 6.92 Å². The van der Waals surface area contributed by atoms with Crippen LogP contribution in [0.4, 0.5) is 5.82 Å². The number of nitrogens with zero attached hydrogens (tertiary/aromatic N) is 4. The van der Waals surface area contributed by atoms with Crippen LogP contribution in [0.2, 0.25) is 0 Å². The number of pyridine rings is 1. The van der Waals surface area contributed by atoms with E-state index in [1.807, 2.05) is 6.92 Å². The molecule has 1 saturated heterocycles. The molecule has 1 saturated carbocycles. The van der Waals surface area contributed by atoms with E-state index < -0.39 is 10.8 Å². The topological polar surface area (TPSA) is 110 Å². The van der Waals surface area contributed by atoms with Crippen molar-refractivity contribution in [1.29, 1.82) is 0 Å². The summed E-state index contributed by atoms with van der Waals surface area (Å²) in [5.74, 6) is 3.19. The standard InChI is InChI=1S/C20H33N5O3S/c1-14-13-17-18(19(21)22-14)23-20(15(2)16-5-6-16)25(17)9-11-28-10-3-7-24-8-4-12-29(24,26)27/h13,15-16,26-27H,3-12H2,1-2H3,(H2,21,22). The largest absolute Gasteiger partial charge is 0.382 e. The van der Waals surface area contributed by atoms with Gasteiger partial charge in [-0.05, 0) is 44.6 Å². The number of nitrogens with two attached hydrogens (primary N) is 1. The zero-order valence-electron chi connectivity index (χ0n) is 17.4. The zero-order chi connectivity index (χ0) is 20.6. The smallest absolute Gasteiger partial charge is 0.151 e. The number of nitrogen functional groups attached to an aromatic ring is 1. The van der Waals surface area contributed by atoms with E-state index in [-0.39, 0.29) is 0 Å². The average molecular weight is 424 g/mol. The number of imidazole rings is 1. The van der Waals surface area contributed by atoms with Crippen molar-refractivity contribution in [3.05, 3.63) is 17.6 Å². The number of rotatable bonds is 9. The van der Waals surface area contributed by atoms with Crippen molar-refractivity contribution >= 4 is 27.6 Å². The van der Waals surface area contributed by atoms with Crippen LogP contribution in [-0.4, -0.2) is 60.0 Å². The summed E-state index contributed by atoms with van der Waals surface area (Å²) >= 11 is 0. The number of anilines is 1. The van der Waals surface area contributed by atoms with Crippen molar-refractivity contribution in [2.75, 3.05) is 37.8 Å². The van der Waals surface area contributed by atoms with Gasteiger partial charge >= 0.3 is 0 Å². The summed E-state index contributed by atoms with van der Waals surface area (Å²) in [6, 6.07) is 2.06. The Balaban J connectivity index is 1.37. The van der Waals surface area contributed by atoms with Gasteiger partial charge in [0.25, 0.3) is 0 Å².